The van der Waals surface area contributed by atoms with Crippen molar-refractivity contribution in [1.29, 1.82) is 0 Å². The average molecular weight is 307 g/mol. The number of amides is 1. The van der Waals surface area contributed by atoms with Gasteiger partial charge in [-0.15, -0.1) is 10.2 Å². The van der Waals surface area contributed by atoms with Gasteiger partial charge < -0.3 is 5.32 Å². The lowest BCUT2D eigenvalue weighted by Crippen LogP contribution is -2.24. The molecular weight excluding hydrogens is 290 g/mol. The normalized spacial score (nSPS) is 10.4. The van der Waals surface area contributed by atoms with Gasteiger partial charge in [-0.25, -0.2) is 0 Å². The molecule has 2 aromatic heterocycles. The van der Waals surface area contributed by atoms with E-state index in [1.54, 1.807) is 29.5 Å². The van der Waals surface area contributed by atoms with Crippen LogP contribution in [0.25, 0.3) is 5.69 Å². The summed E-state index contributed by atoms with van der Waals surface area (Å²) in [6.45, 7) is 0.617. The molecule has 2 heterocycles. The third kappa shape index (κ3) is 4.00. The minimum atomic E-state index is -0.0825. The van der Waals surface area contributed by atoms with Crippen LogP contribution in [0, 0.1) is 0 Å². The van der Waals surface area contributed by atoms with Crippen molar-refractivity contribution in [3.05, 3.63) is 72.6 Å². The van der Waals surface area contributed by atoms with Gasteiger partial charge in [-0.1, -0.05) is 12.1 Å². The molecule has 6 nitrogen and oxygen atoms in total. The van der Waals surface area contributed by atoms with E-state index >= 15 is 0 Å². The minimum Gasteiger partial charge on any atom is -0.352 e. The topological polar surface area (TPSA) is 72.7 Å². The third-order valence-electron chi connectivity index (χ3n) is 3.45. The maximum atomic E-state index is 12.2. The van der Waals surface area contributed by atoms with E-state index < -0.39 is 0 Å². The molecule has 1 aromatic carbocycles. The highest BCUT2D eigenvalue weighted by Gasteiger charge is 2.06. The second kappa shape index (κ2) is 7.31. The fraction of sp³-hybridized carbons (Fsp3) is 0.176. The van der Waals surface area contributed by atoms with Gasteiger partial charge in [-0.05, 0) is 43.2 Å². The van der Waals surface area contributed by atoms with E-state index in [-0.39, 0.29) is 5.91 Å². The molecule has 0 radical (unpaired) electrons. The van der Waals surface area contributed by atoms with Crippen LogP contribution < -0.4 is 5.32 Å². The van der Waals surface area contributed by atoms with E-state index in [1.165, 1.54) is 0 Å². The number of hydrogen-bond donors (Lipinski definition) is 1. The standard InChI is InChI=1S/C17H17N5O/c23-17(19-10-4-7-15-6-1-2-9-18-15)14-5-3-8-16(11-14)22-12-20-21-13-22/h1-3,5-6,8-9,11-13H,4,7,10H2,(H,19,23). The zero-order valence-electron chi connectivity index (χ0n) is 12.6. The number of carbonyl (C=O) groups excluding carboxylic acids is 1. The zero-order valence-corrected chi connectivity index (χ0v) is 12.6. The van der Waals surface area contributed by atoms with Crippen LogP contribution in [0.3, 0.4) is 0 Å². The Kier molecular flexibility index (Phi) is 4.73. The van der Waals surface area contributed by atoms with E-state index in [1.807, 2.05) is 36.4 Å². The molecule has 0 aliphatic heterocycles. The molecular formula is C17H17N5O. The van der Waals surface area contributed by atoms with E-state index in [4.69, 9.17) is 0 Å². The molecule has 116 valence electrons. The van der Waals surface area contributed by atoms with E-state index in [2.05, 4.69) is 20.5 Å². The Bertz CT molecular complexity index is 756. The molecule has 23 heavy (non-hydrogen) atoms. The highest BCUT2D eigenvalue weighted by atomic mass is 16.1. The van der Waals surface area contributed by atoms with Crippen LogP contribution >= 0.6 is 0 Å². The Morgan fingerprint density at radius 3 is 2.74 bits per heavy atom. The van der Waals surface area contributed by atoms with Gasteiger partial charge in [0.25, 0.3) is 5.91 Å². The summed E-state index contributed by atoms with van der Waals surface area (Å²) >= 11 is 0. The van der Waals surface area contributed by atoms with Crippen molar-refractivity contribution in [2.45, 2.75) is 12.8 Å². The Labute approximate surface area is 134 Å². The molecule has 3 aromatic rings. The number of aryl methyl sites for hydroxylation is 1. The smallest absolute Gasteiger partial charge is 0.251 e. The molecule has 0 atom stereocenters. The number of rotatable bonds is 6. The Morgan fingerprint density at radius 1 is 1.09 bits per heavy atom. The lowest BCUT2D eigenvalue weighted by atomic mass is 10.1. The van der Waals surface area contributed by atoms with Crippen LogP contribution in [-0.2, 0) is 6.42 Å². The third-order valence-corrected chi connectivity index (χ3v) is 3.45. The first kappa shape index (κ1) is 14.9. The molecule has 0 saturated carbocycles. The molecule has 3 rings (SSSR count). The fourth-order valence-corrected chi connectivity index (χ4v) is 2.26. The molecule has 0 fully saturated rings. The Morgan fingerprint density at radius 2 is 1.96 bits per heavy atom. The summed E-state index contributed by atoms with van der Waals surface area (Å²) in [7, 11) is 0. The largest absolute Gasteiger partial charge is 0.352 e. The molecule has 0 spiro atoms. The second-order valence-electron chi connectivity index (χ2n) is 5.10. The maximum Gasteiger partial charge on any atom is 0.251 e. The lowest BCUT2D eigenvalue weighted by molar-refractivity contribution is 0.0953. The number of nitrogens with one attached hydrogen (secondary N) is 1. The maximum absolute atomic E-state index is 12.2. The first-order valence-electron chi connectivity index (χ1n) is 7.46. The van der Waals surface area contributed by atoms with Gasteiger partial charge in [-0.2, -0.15) is 0 Å². The van der Waals surface area contributed by atoms with Gasteiger partial charge in [0.2, 0.25) is 0 Å². The number of nitrogens with zero attached hydrogens (tertiary/aromatic N) is 4. The summed E-state index contributed by atoms with van der Waals surface area (Å²) in [5, 5.41) is 10.5. The highest BCUT2D eigenvalue weighted by Crippen LogP contribution is 2.09. The first-order chi connectivity index (χ1) is 11.3. The summed E-state index contributed by atoms with van der Waals surface area (Å²) in [5.74, 6) is -0.0825. The summed E-state index contributed by atoms with van der Waals surface area (Å²) in [6, 6.07) is 13.2. The molecule has 1 N–H and O–H groups in total. The monoisotopic (exact) mass is 307 g/mol. The minimum absolute atomic E-state index is 0.0825. The number of hydrogen-bond acceptors (Lipinski definition) is 4. The zero-order chi connectivity index (χ0) is 15.9. The predicted octanol–water partition coefficient (Wildman–Crippen LogP) is 2.02. The van der Waals surface area contributed by atoms with Crippen LogP contribution in [0.5, 0.6) is 0 Å². The number of aromatic nitrogens is 4. The summed E-state index contributed by atoms with van der Waals surface area (Å²) in [4.78, 5) is 16.5. The number of carbonyl (C=O) groups is 1. The second-order valence-corrected chi connectivity index (χ2v) is 5.10. The molecule has 0 aliphatic carbocycles. The van der Waals surface area contributed by atoms with Crippen LogP contribution in [0.4, 0.5) is 0 Å². The summed E-state index contributed by atoms with van der Waals surface area (Å²) in [5.41, 5.74) is 2.52. The van der Waals surface area contributed by atoms with Crippen LogP contribution in [0.15, 0.2) is 61.3 Å². The molecule has 0 aliphatic rings. The quantitative estimate of drug-likeness (QED) is 0.707. The summed E-state index contributed by atoms with van der Waals surface area (Å²) in [6.07, 6.45) is 6.69. The van der Waals surface area contributed by atoms with Gasteiger partial charge >= 0.3 is 0 Å². The van der Waals surface area contributed by atoms with Crippen molar-refractivity contribution < 1.29 is 4.79 Å². The van der Waals surface area contributed by atoms with Gasteiger partial charge in [0.15, 0.2) is 0 Å². The Balaban J connectivity index is 1.53. The van der Waals surface area contributed by atoms with Crippen molar-refractivity contribution in [2.75, 3.05) is 6.54 Å². The van der Waals surface area contributed by atoms with E-state index in [0.29, 0.717) is 12.1 Å². The summed E-state index contributed by atoms with van der Waals surface area (Å²) < 4.78 is 1.76. The van der Waals surface area contributed by atoms with Gasteiger partial charge in [0.05, 0.1) is 0 Å². The van der Waals surface area contributed by atoms with Crippen LogP contribution in [0.1, 0.15) is 22.5 Å². The van der Waals surface area contributed by atoms with Crippen molar-refractivity contribution >= 4 is 5.91 Å². The highest BCUT2D eigenvalue weighted by molar-refractivity contribution is 5.94. The molecule has 1 amide bonds. The Hall–Kier alpha value is -3.02. The van der Waals surface area contributed by atoms with E-state index in [0.717, 1.165) is 24.2 Å². The van der Waals surface area contributed by atoms with Crippen molar-refractivity contribution in [3.8, 4) is 5.69 Å². The van der Waals surface area contributed by atoms with Gasteiger partial charge in [0.1, 0.15) is 12.7 Å². The first-order valence-corrected chi connectivity index (χ1v) is 7.46. The van der Waals surface area contributed by atoms with Crippen molar-refractivity contribution in [2.24, 2.45) is 0 Å². The van der Waals surface area contributed by atoms with Crippen LogP contribution in [-0.4, -0.2) is 32.2 Å². The fourth-order valence-electron chi connectivity index (χ4n) is 2.26. The van der Waals surface area contributed by atoms with Gasteiger partial charge in [0, 0.05) is 29.7 Å². The molecule has 0 unspecified atom stereocenters. The number of pyridine rings is 1. The molecule has 6 heteroatoms. The molecule has 0 saturated heterocycles. The van der Waals surface area contributed by atoms with E-state index in [9.17, 15) is 4.79 Å². The lowest BCUT2D eigenvalue weighted by Gasteiger charge is -2.07. The SMILES string of the molecule is O=C(NCCCc1ccccn1)c1cccc(-n2cnnc2)c1. The van der Waals surface area contributed by atoms with Crippen molar-refractivity contribution in [1.82, 2.24) is 25.1 Å². The predicted molar refractivity (Wildman–Crippen MR) is 86.3 cm³/mol. The average Bonchev–Trinajstić information content (AvgIpc) is 3.14. The van der Waals surface area contributed by atoms with Crippen LogP contribution in [0.2, 0.25) is 0 Å². The van der Waals surface area contributed by atoms with Crippen molar-refractivity contribution in [3.63, 3.8) is 0 Å². The number of benzene rings is 1. The molecule has 0 bridgehead atoms. The van der Waals surface area contributed by atoms with Gasteiger partial charge in [-0.3, -0.25) is 14.3 Å².